The maximum Gasteiger partial charge on any atom is 0.294 e. The highest BCUT2D eigenvalue weighted by atomic mass is 127. The third-order valence-electron chi connectivity index (χ3n) is 2.48. The van der Waals surface area contributed by atoms with E-state index in [2.05, 4.69) is 4.99 Å². The Morgan fingerprint density at radius 1 is 1.35 bits per heavy atom. The highest BCUT2D eigenvalue weighted by Crippen LogP contribution is 2.29. The van der Waals surface area contributed by atoms with E-state index in [1.165, 1.54) is 24.4 Å². The van der Waals surface area contributed by atoms with Gasteiger partial charge in [0.1, 0.15) is 11.4 Å². The minimum absolute atomic E-state index is 0.0392. The van der Waals surface area contributed by atoms with Crippen LogP contribution >= 0.6 is 34.2 Å². The number of nitro groups is 1. The van der Waals surface area contributed by atoms with Crippen molar-refractivity contribution in [2.75, 3.05) is 0 Å². The van der Waals surface area contributed by atoms with E-state index in [1.54, 1.807) is 18.2 Å². The number of hydrogen-bond donors (Lipinski definition) is 1. The molecule has 7 heteroatoms. The van der Waals surface area contributed by atoms with Gasteiger partial charge in [-0.25, -0.2) is 4.99 Å². The fourth-order valence-electron chi connectivity index (χ4n) is 1.55. The molecule has 0 aliphatic carbocycles. The topological polar surface area (TPSA) is 75.7 Å². The van der Waals surface area contributed by atoms with Gasteiger partial charge in [0.15, 0.2) is 0 Å². The summed E-state index contributed by atoms with van der Waals surface area (Å²) in [5.41, 5.74) is 0.520. The third-order valence-corrected chi connectivity index (χ3v) is 3.52. The van der Waals surface area contributed by atoms with Crippen LogP contribution in [0.15, 0.2) is 41.4 Å². The number of nitro benzene ring substituents is 1. The monoisotopic (exact) mass is 402 g/mol. The lowest BCUT2D eigenvalue weighted by Gasteiger charge is -2.02. The number of hydrogen-bond acceptors (Lipinski definition) is 4. The zero-order valence-electron chi connectivity index (χ0n) is 9.96. The first-order chi connectivity index (χ1) is 9.49. The molecule has 0 aliphatic rings. The van der Waals surface area contributed by atoms with Crippen LogP contribution in [0.1, 0.15) is 5.56 Å². The smallest absolute Gasteiger partial charge is 0.294 e. The van der Waals surface area contributed by atoms with Crippen molar-refractivity contribution in [1.29, 1.82) is 0 Å². The Morgan fingerprint density at radius 2 is 2.05 bits per heavy atom. The lowest BCUT2D eigenvalue weighted by Crippen LogP contribution is -1.89. The van der Waals surface area contributed by atoms with Gasteiger partial charge in [-0.05, 0) is 40.8 Å². The Morgan fingerprint density at radius 3 is 2.75 bits per heavy atom. The molecule has 0 aliphatic heterocycles. The third kappa shape index (κ3) is 3.26. The molecule has 0 spiro atoms. The number of nitrogens with zero attached hydrogens (tertiary/aromatic N) is 2. The molecule has 102 valence electrons. The maximum absolute atomic E-state index is 10.9. The Kier molecular flexibility index (Phi) is 4.56. The van der Waals surface area contributed by atoms with Gasteiger partial charge in [0, 0.05) is 22.9 Å². The minimum atomic E-state index is -0.506. The highest BCUT2D eigenvalue weighted by Gasteiger charge is 2.11. The standard InChI is InChI=1S/C13H8ClIN2O3/c14-9-5-8(13(18)10(15)6-9)7-16-11-3-1-2-4-12(11)17(19)20/h1-7,18H. The van der Waals surface area contributed by atoms with Crippen LogP contribution in [0.25, 0.3) is 0 Å². The Hall–Kier alpha value is -1.67. The van der Waals surface area contributed by atoms with Crippen LogP contribution < -0.4 is 0 Å². The number of aromatic hydroxyl groups is 1. The number of aliphatic imine (C=N–C) groups is 1. The number of para-hydroxylation sites is 2. The van der Waals surface area contributed by atoms with Crippen molar-refractivity contribution >= 4 is 51.8 Å². The average molecular weight is 403 g/mol. The van der Waals surface area contributed by atoms with Gasteiger partial charge in [-0.2, -0.15) is 0 Å². The lowest BCUT2D eigenvalue weighted by molar-refractivity contribution is -0.384. The summed E-state index contributed by atoms with van der Waals surface area (Å²) >= 11 is 7.84. The van der Waals surface area contributed by atoms with Gasteiger partial charge in [-0.3, -0.25) is 10.1 Å². The average Bonchev–Trinajstić information content (AvgIpc) is 2.41. The van der Waals surface area contributed by atoms with Gasteiger partial charge in [0.05, 0.1) is 8.49 Å². The molecule has 5 nitrogen and oxygen atoms in total. The van der Waals surface area contributed by atoms with Crippen molar-refractivity contribution in [2.24, 2.45) is 4.99 Å². The molecule has 0 bridgehead atoms. The van der Waals surface area contributed by atoms with Crippen LogP contribution in [-0.2, 0) is 0 Å². The molecular weight excluding hydrogens is 395 g/mol. The predicted molar refractivity (Wildman–Crippen MR) is 86.2 cm³/mol. The van der Waals surface area contributed by atoms with Gasteiger partial charge >= 0.3 is 0 Å². The molecule has 2 aromatic carbocycles. The molecule has 0 heterocycles. The fourth-order valence-corrected chi connectivity index (χ4v) is 2.61. The number of benzene rings is 2. The molecule has 0 amide bonds. The van der Waals surface area contributed by atoms with Crippen LogP contribution in [0.2, 0.25) is 5.02 Å². The van der Waals surface area contributed by atoms with Crippen LogP contribution in [0.3, 0.4) is 0 Å². The highest BCUT2D eigenvalue weighted by molar-refractivity contribution is 14.1. The van der Waals surface area contributed by atoms with Crippen LogP contribution in [0.5, 0.6) is 5.75 Å². The van der Waals surface area contributed by atoms with Crippen LogP contribution in [0, 0.1) is 13.7 Å². The van der Waals surface area contributed by atoms with Gasteiger partial charge < -0.3 is 5.11 Å². The zero-order chi connectivity index (χ0) is 14.7. The molecular formula is C13H8ClIN2O3. The summed E-state index contributed by atoms with van der Waals surface area (Å²) in [6.45, 7) is 0. The zero-order valence-corrected chi connectivity index (χ0v) is 12.9. The number of halogens is 2. The van der Waals surface area contributed by atoms with Gasteiger partial charge in [0.25, 0.3) is 5.69 Å². The van der Waals surface area contributed by atoms with E-state index in [4.69, 9.17) is 11.6 Å². The first-order valence-corrected chi connectivity index (χ1v) is 6.90. The molecule has 0 fully saturated rings. The second-order valence-electron chi connectivity index (χ2n) is 3.83. The lowest BCUT2D eigenvalue weighted by atomic mass is 10.2. The first kappa shape index (κ1) is 14.7. The molecule has 0 atom stereocenters. The van der Waals surface area contributed by atoms with Crippen molar-refractivity contribution in [3.05, 3.63) is 60.7 Å². The molecule has 20 heavy (non-hydrogen) atoms. The fraction of sp³-hybridized carbons (Fsp3) is 0. The van der Waals surface area contributed by atoms with Crippen molar-refractivity contribution in [3.63, 3.8) is 0 Å². The molecule has 0 saturated carbocycles. The summed E-state index contributed by atoms with van der Waals surface area (Å²) in [4.78, 5) is 14.4. The van der Waals surface area contributed by atoms with Crippen LogP contribution in [0.4, 0.5) is 11.4 Å². The van der Waals surface area contributed by atoms with Gasteiger partial charge in [-0.1, -0.05) is 23.7 Å². The largest absolute Gasteiger partial charge is 0.506 e. The summed E-state index contributed by atoms with van der Waals surface area (Å²) in [7, 11) is 0. The second kappa shape index (κ2) is 6.19. The molecule has 0 radical (unpaired) electrons. The summed E-state index contributed by atoms with van der Waals surface area (Å²) in [5, 5.41) is 21.2. The molecule has 0 unspecified atom stereocenters. The Balaban J connectivity index is 2.42. The summed E-state index contributed by atoms with van der Waals surface area (Å²) < 4.78 is 0.583. The number of phenols is 1. The van der Waals surface area contributed by atoms with Crippen molar-refractivity contribution in [3.8, 4) is 5.75 Å². The molecule has 2 rings (SSSR count). The summed E-state index contributed by atoms with van der Waals surface area (Å²) in [5.74, 6) is 0.0392. The van der Waals surface area contributed by atoms with E-state index < -0.39 is 4.92 Å². The number of rotatable bonds is 3. The SMILES string of the molecule is O=[N+]([O-])c1ccccc1N=Cc1cc(Cl)cc(I)c1O. The molecule has 1 N–H and O–H groups in total. The maximum atomic E-state index is 10.9. The van der Waals surface area contributed by atoms with E-state index >= 15 is 0 Å². The van der Waals surface area contributed by atoms with E-state index in [0.29, 0.717) is 14.2 Å². The molecule has 0 saturated heterocycles. The van der Waals surface area contributed by atoms with E-state index in [-0.39, 0.29) is 17.1 Å². The van der Waals surface area contributed by atoms with Gasteiger partial charge in [0.2, 0.25) is 0 Å². The van der Waals surface area contributed by atoms with Crippen LogP contribution in [-0.4, -0.2) is 16.2 Å². The summed E-state index contributed by atoms with van der Waals surface area (Å²) in [6.07, 6.45) is 1.35. The van der Waals surface area contributed by atoms with Crippen molar-refractivity contribution in [2.45, 2.75) is 0 Å². The van der Waals surface area contributed by atoms with Gasteiger partial charge in [-0.15, -0.1) is 0 Å². The van der Waals surface area contributed by atoms with E-state index in [1.807, 2.05) is 22.6 Å². The Labute approximate surface area is 133 Å². The van der Waals surface area contributed by atoms with E-state index in [0.717, 1.165) is 0 Å². The summed E-state index contributed by atoms with van der Waals surface area (Å²) in [6, 6.07) is 9.27. The Bertz CT molecular complexity index is 704. The molecule has 2 aromatic rings. The van der Waals surface area contributed by atoms with Crippen molar-refractivity contribution < 1.29 is 10.0 Å². The predicted octanol–water partition coefficient (Wildman–Crippen LogP) is 4.31. The molecule has 0 aromatic heterocycles. The van der Waals surface area contributed by atoms with Crippen molar-refractivity contribution in [1.82, 2.24) is 0 Å². The van der Waals surface area contributed by atoms with E-state index in [9.17, 15) is 15.2 Å². The minimum Gasteiger partial charge on any atom is -0.506 e. The normalized spacial score (nSPS) is 10.9. The number of phenolic OH excluding ortho intramolecular Hbond substituents is 1. The second-order valence-corrected chi connectivity index (χ2v) is 5.43. The first-order valence-electron chi connectivity index (χ1n) is 5.44. The quantitative estimate of drug-likeness (QED) is 0.360.